The highest BCUT2D eigenvalue weighted by Crippen LogP contribution is 2.37. The first-order valence-electron chi connectivity index (χ1n) is 5.78. The Labute approximate surface area is 107 Å². The van der Waals surface area contributed by atoms with Crippen LogP contribution in [0.15, 0.2) is 24.3 Å². The number of ether oxygens (including phenoxy) is 1. The molecular weight excluding hydrogens is 261 g/mol. The highest BCUT2D eigenvalue weighted by atomic mass is 19.4. The summed E-state index contributed by atoms with van der Waals surface area (Å²) in [6, 6.07) is 4.94. The highest BCUT2D eigenvalue weighted by molar-refractivity contribution is 5.90. The van der Waals surface area contributed by atoms with Gasteiger partial charge < -0.3 is 10.5 Å². The second kappa shape index (κ2) is 5.08. The second-order valence-electron chi connectivity index (χ2n) is 4.21. The zero-order chi connectivity index (χ0) is 14.0. The van der Waals surface area contributed by atoms with E-state index in [0.29, 0.717) is 13.0 Å². The molecule has 1 aromatic rings. The van der Waals surface area contributed by atoms with E-state index in [1.54, 1.807) is 0 Å². The van der Waals surface area contributed by atoms with E-state index >= 15 is 0 Å². The number of benzene rings is 1. The van der Waals surface area contributed by atoms with Crippen molar-refractivity contribution in [2.24, 2.45) is 5.73 Å². The van der Waals surface area contributed by atoms with E-state index in [4.69, 9.17) is 10.5 Å². The largest absolute Gasteiger partial charge is 0.444 e. The third-order valence-electron chi connectivity index (χ3n) is 2.86. The zero-order valence-electron chi connectivity index (χ0n) is 9.98. The van der Waals surface area contributed by atoms with Gasteiger partial charge in [-0.15, -0.1) is 0 Å². The smallest absolute Gasteiger partial charge is 0.418 e. The molecule has 2 rings (SSSR count). The maximum Gasteiger partial charge on any atom is 0.418 e. The quantitative estimate of drug-likeness (QED) is 0.920. The number of halogens is 3. The minimum Gasteiger partial charge on any atom is -0.444 e. The molecule has 7 heteroatoms. The number of rotatable bonds is 3. The van der Waals surface area contributed by atoms with Gasteiger partial charge in [0, 0.05) is 0 Å². The van der Waals surface area contributed by atoms with E-state index in [9.17, 15) is 18.0 Å². The lowest BCUT2D eigenvalue weighted by Gasteiger charge is -2.18. The molecule has 1 fully saturated rings. The Hall–Kier alpha value is -1.76. The van der Waals surface area contributed by atoms with Crippen LogP contribution in [0.4, 0.5) is 23.7 Å². The fourth-order valence-electron chi connectivity index (χ4n) is 2.00. The van der Waals surface area contributed by atoms with Crippen LogP contribution in [-0.4, -0.2) is 25.3 Å². The molecule has 1 aliphatic rings. The fourth-order valence-corrected chi connectivity index (χ4v) is 2.00. The summed E-state index contributed by atoms with van der Waals surface area (Å²) in [6.07, 6.45) is -5.31. The molecular formula is C12H13F3N2O2. The number of carbonyl (C=O) groups is 1. The molecule has 0 spiro atoms. The maximum absolute atomic E-state index is 12.9. The molecule has 1 unspecified atom stereocenters. The molecule has 2 N–H and O–H groups in total. The van der Waals surface area contributed by atoms with Crippen LogP contribution in [0.3, 0.4) is 0 Å². The summed E-state index contributed by atoms with van der Waals surface area (Å²) >= 11 is 0. The van der Waals surface area contributed by atoms with Gasteiger partial charge in [-0.1, -0.05) is 12.1 Å². The summed E-state index contributed by atoms with van der Waals surface area (Å²) in [4.78, 5) is 12.6. The van der Waals surface area contributed by atoms with Crippen LogP contribution in [0.1, 0.15) is 12.0 Å². The van der Waals surface area contributed by atoms with Gasteiger partial charge in [0.1, 0.15) is 6.10 Å². The molecule has 0 bridgehead atoms. The summed E-state index contributed by atoms with van der Waals surface area (Å²) in [5.41, 5.74) is 4.32. The Balaban J connectivity index is 2.30. The van der Waals surface area contributed by atoms with Crippen LogP contribution in [0.2, 0.25) is 0 Å². The first kappa shape index (κ1) is 13.7. The van der Waals surface area contributed by atoms with E-state index in [-0.39, 0.29) is 12.2 Å². The Morgan fingerprint density at radius 1 is 1.37 bits per heavy atom. The van der Waals surface area contributed by atoms with E-state index in [2.05, 4.69) is 0 Å². The van der Waals surface area contributed by atoms with E-state index in [1.165, 1.54) is 18.2 Å². The van der Waals surface area contributed by atoms with Gasteiger partial charge >= 0.3 is 12.3 Å². The SMILES string of the molecule is NCCC1CN(c2ccccc2C(F)(F)F)C(=O)O1. The molecule has 0 aliphatic carbocycles. The lowest BCUT2D eigenvalue weighted by molar-refractivity contribution is -0.137. The summed E-state index contributed by atoms with van der Waals surface area (Å²) in [5.74, 6) is 0. The molecule has 4 nitrogen and oxygen atoms in total. The molecule has 0 saturated carbocycles. The average molecular weight is 274 g/mol. The standard InChI is InChI=1S/C12H13F3N2O2/c13-12(14,15)9-3-1-2-4-10(9)17-7-8(5-6-16)19-11(17)18/h1-4,8H,5-7,16H2. The molecule has 0 aromatic heterocycles. The van der Waals surface area contributed by atoms with Crippen LogP contribution in [0, 0.1) is 0 Å². The van der Waals surface area contributed by atoms with Crippen LogP contribution < -0.4 is 10.6 Å². The van der Waals surface area contributed by atoms with Crippen LogP contribution >= 0.6 is 0 Å². The summed E-state index contributed by atoms with van der Waals surface area (Å²) in [5, 5.41) is 0. The number of para-hydroxylation sites is 1. The van der Waals surface area contributed by atoms with Crippen molar-refractivity contribution in [2.75, 3.05) is 18.0 Å². The molecule has 104 valence electrons. The average Bonchev–Trinajstić information content (AvgIpc) is 2.70. The topological polar surface area (TPSA) is 55.6 Å². The number of nitrogens with zero attached hydrogens (tertiary/aromatic N) is 1. The van der Waals surface area contributed by atoms with Crippen molar-refractivity contribution in [3.05, 3.63) is 29.8 Å². The van der Waals surface area contributed by atoms with Gasteiger partial charge in [0.15, 0.2) is 0 Å². The molecule has 1 heterocycles. The van der Waals surface area contributed by atoms with Crippen molar-refractivity contribution in [2.45, 2.75) is 18.7 Å². The van der Waals surface area contributed by atoms with E-state index < -0.39 is 23.9 Å². The van der Waals surface area contributed by atoms with Gasteiger partial charge in [-0.25, -0.2) is 4.79 Å². The lowest BCUT2D eigenvalue weighted by atomic mass is 10.1. The van der Waals surface area contributed by atoms with Crippen molar-refractivity contribution in [1.82, 2.24) is 0 Å². The molecule has 1 aliphatic heterocycles. The Bertz CT molecular complexity index is 476. The van der Waals surface area contributed by atoms with Gasteiger partial charge in [-0.3, -0.25) is 4.90 Å². The number of hydrogen-bond acceptors (Lipinski definition) is 3. The number of hydrogen-bond donors (Lipinski definition) is 1. The van der Waals surface area contributed by atoms with Gasteiger partial charge in [0.2, 0.25) is 0 Å². The zero-order valence-corrected chi connectivity index (χ0v) is 9.98. The summed E-state index contributed by atoms with van der Waals surface area (Å²) in [7, 11) is 0. The van der Waals surface area contributed by atoms with Gasteiger partial charge in [-0.2, -0.15) is 13.2 Å². The first-order chi connectivity index (χ1) is 8.93. The van der Waals surface area contributed by atoms with Crippen molar-refractivity contribution in [3.8, 4) is 0 Å². The maximum atomic E-state index is 12.9. The first-order valence-corrected chi connectivity index (χ1v) is 5.78. The monoisotopic (exact) mass is 274 g/mol. The van der Waals surface area contributed by atoms with Crippen LogP contribution in [0.5, 0.6) is 0 Å². The third-order valence-corrected chi connectivity index (χ3v) is 2.86. The van der Waals surface area contributed by atoms with Crippen LogP contribution in [-0.2, 0) is 10.9 Å². The lowest BCUT2D eigenvalue weighted by Crippen LogP contribution is -2.27. The van der Waals surface area contributed by atoms with Crippen molar-refractivity contribution in [1.29, 1.82) is 0 Å². The summed E-state index contributed by atoms with van der Waals surface area (Å²) < 4.78 is 43.6. The third kappa shape index (κ3) is 2.81. The van der Waals surface area contributed by atoms with Crippen molar-refractivity contribution >= 4 is 11.8 Å². The Morgan fingerprint density at radius 2 is 2.05 bits per heavy atom. The number of nitrogens with two attached hydrogens (primary N) is 1. The number of alkyl halides is 3. The Kier molecular flexibility index (Phi) is 3.66. The van der Waals surface area contributed by atoms with E-state index in [0.717, 1.165) is 11.0 Å². The molecule has 1 saturated heterocycles. The predicted molar refractivity (Wildman–Crippen MR) is 62.7 cm³/mol. The number of anilines is 1. The van der Waals surface area contributed by atoms with Gasteiger partial charge in [0.25, 0.3) is 0 Å². The van der Waals surface area contributed by atoms with Gasteiger partial charge in [-0.05, 0) is 25.1 Å². The molecule has 0 radical (unpaired) electrons. The summed E-state index contributed by atoms with van der Waals surface area (Å²) in [6.45, 7) is 0.399. The number of cyclic esters (lactones) is 1. The fraction of sp³-hybridized carbons (Fsp3) is 0.417. The van der Waals surface area contributed by atoms with Gasteiger partial charge in [0.05, 0.1) is 17.8 Å². The number of amides is 1. The van der Waals surface area contributed by atoms with Crippen molar-refractivity contribution < 1.29 is 22.7 Å². The molecule has 19 heavy (non-hydrogen) atoms. The Morgan fingerprint density at radius 3 is 2.68 bits per heavy atom. The second-order valence-corrected chi connectivity index (χ2v) is 4.21. The number of carbonyl (C=O) groups excluding carboxylic acids is 1. The highest BCUT2D eigenvalue weighted by Gasteiger charge is 2.39. The van der Waals surface area contributed by atoms with E-state index in [1.807, 2.05) is 0 Å². The molecule has 1 amide bonds. The minimum atomic E-state index is -4.51. The molecule has 1 aromatic carbocycles. The van der Waals surface area contributed by atoms with Crippen LogP contribution in [0.25, 0.3) is 0 Å². The van der Waals surface area contributed by atoms with Crippen molar-refractivity contribution in [3.63, 3.8) is 0 Å². The minimum absolute atomic E-state index is 0.0864. The molecule has 1 atom stereocenters. The predicted octanol–water partition coefficient (Wildman–Crippen LogP) is 2.38. The normalized spacial score (nSPS) is 19.7.